The summed E-state index contributed by atoms with van der Waals surface area (Å²) in [6.07, 6.45) is 17.2. The Balaban J connectivity index is 0.000000300. The number of aromatic nitrogens is 8. The zero-order valence-electron chi connectivity index (χ0n) is 41.4. The van der Waals surface area contributed by atoms with E-state index in [2.05, 4.69) is 189 Å². The minimum atomic E-state index is -10.7. The summed E-state index contributed by atoms with van der Waals surface area (Å²) in [5.41, 5.74) is 16.7. The molecular weight excluding hydrogens is 1270 g/mol. The number of hydrogen-bond donors (Lipinski definition) is 0. The molecule has 0 amide bonds. The van der Waals surface area contributed by atoms with E-state index in [0.717, 1.165) is 70.3 Å². The normalized spacial score (nSPS) is 16.2. The van der Waals surface area contributed by atoms with Crippen LogP contribution < -0.4 is 18.3 Å². The Morgan fingerprint density at radius 2 is 0.357 bits per heavy atom. The van der Waals surface area contributed by atoms with Crippen molar-refractivity contribution in [1.29, 1.82) is 0 Å². The molecule has 4 aromatic carbocycles. The maximum Gasteiger partial charge on any atom is 0.173 e. The molecule has 10 aromatic rings. The van der Waals surface area contributed by atoms with E-state index in [9.17, 15) is 101 Å². The molecule has 16 bridgehead atoms. The van der Waals surface area contributed by atoms with Gasteiger partial charge in [-0.3, -0.25) is 0 Å². The van der Waals surface area contributed by atoms with Crippen LogP contribution in [0.2, 0.25) is 0 Å². The van der Waals surface area contributed by atoms with E-state index in [1.807, 2.05) is 0 Å². The number of hydrogen-bond acceptors (Lipinski definition) is 4. The molecule has 0 N–H and O–H groups in total. The van der Waals surface area contributed by atoms with Crippen molar-refractivity contribution in [2.24, 2.45) is 0 Å². The molecule has 0 aliphatic carbocycles. The first-order chi connectivity index (χ1) is 37.4. The summed E-state index contributed by atoms with van der Waals surface area (Å²) in [6, 6.07) is 43.0. The molecule has 7 aliphatic rings. The fourth-order valence-electron chi connectivity index (χ4n) is 7.79. The second-order valence-electron chi connectivity index (χ2n) is 18.6. The third kappa shape index (κ3) is 26.1. The third-order valence-electron chi connectivity index (χ3n) is 10.8. The van der Waals surface area contributed by atoms with Gasteiger partial charge in [-0.05, 0) is 70.8 Å². The summed E-state index contributed by atoms with van der Waals surface area (Å²) in [5, 5.41) is 0. The quantitative estimate of drug-likeness (QED) is 0.0657. The minimum absolute atomic E-state index is 0.744. The summed E-state index contributed by atoms with van der Waals surface area (Å²) >= 11 is 0. The van der Waals surface area contributed by atoms with Crippen molar-refractivity contribution in [1.82, 2.24) is 19.9 Å². The van der Waals surface area contributed by atoms with Crippen LogP contribution in [0.5, 0.6) is 0 Å². The van der Waals surface area contributed by atoms with Gasteiger partial charge in [-0.15, -0.1) is 0 Å². The zero-order chi connectivity index (χ0) is 62.6. The zero-order valence-corrected chi connectivity index (χ0v) is 45.0. The molecule has 6 aromatic heterocycles. The summed E-state index contributed by atoms with van der Waals surface area (Å²) in [5.74, 6) is 0. The van der Waals surface area contributed by atoms with Crippen LogP contribution in [-0.2, 0) is 26.2 Å². The van der Waals surface area contributed by atoms with Crippen molar-refractivity contribution < 1.29 is 119 Å². The predicted molar refractivity (Wildman–Crippen MR) is 269 cm³/mol. The Morgan fingerprint density at radius 1 is 0.214 bits per heavy atom. The Kier molecular flexibility index (Phi) is 14.6. The monoisotopic (exact) mass is 1300 g/mol. The molecule has 0 saturated carbocycles. The average molecular weight is 1300 g/mol. The van der Waals surface area contributed by atoms with E-state index in [0.29, 0.717) is 0 Å². The second kappa shape index (κ2) is 19.1. The largest absolute Gasteiger partial charge is 0.245 e. The number of benzene rings is 4. The Morgan fingerprint density at radius 3 is 0.512 bits per heavy atom. The molecule has 0 saturated heterocycles. The topological polar surface area (TPSA) is 67.1 Å². The summed E-state index contributed by atoms with van der Waals surface area (Å²) < 4.78 is 246. The van der Waals surface area contributed by atoms with Gasteiger partial charge in [0.25, 0.3) is 0 Å². The van der Waals surface area contributed by atoms with Gasteiger partial charge in [0.2, 0.25) is 0 Å². The van der Waals surface area contributed by atoms with Gasteiger partial charge in [0.1, 0.15) is 0 Å². The molecule has 0 unspecified atom stereocenters. The Labute approximate surface area is 454 Å². The van der Waals surface area contributed by atoms with Crippen molar-refractivity contribution in [2.45, 2.75) is 26.2 Å². The fraction of sp³-hybridized carbons (Fsp3) is 0.0833. The molecule has 17 rings (SSSR count). The first-order valence-corrected chi connectivity index (χ1v) is 31.1. The van der Waals surface area contributed by atoms with Gasteiger partial charge in [0.05, 0.1) is 44.1 Å². The number of nitrogens with zero attached hydrogens (tertiary/aromatic N) is 8. The van der Waals surface area contributed by atoms with Crippen molar-refractivity contribution in [3.05, 3.63) is 193 Å². The van der Waals surface area contributed by atoms with Gasteiger partial charge in [0.15, 0.2) is 75.8 Å². The summed E-state index contributed by atoms with van der Waals surface area (Å²) in [4.78, 5) is 20.0. The van der Waals surface area contributed by atoms with Crippen LogP contribution in [0.25, 0.3) is 66.4 Å². The maximum atomic E-state index is 9.87. The van der Waals surface area contributed by atoms with E-state index < -0.39 is 31.2 Å². The molecule has 0 spiro atoms. The molecule has 7 aliphatic heterocycles. The molecule has 0 atom stereocenters. The van der Waals surface area contributed by atoms with Crippen LogP contribution in [0, 0.1) is 0 Å². The van der Waals surface area contributed by atoms with E-state index in [-0.39, 0.29) is 0 Å². The second-order valence-corrected chi connectivity index (χ2v) is 26.3. The third-order valence-corrected chi connectivity index (χ3v) is 10.8. The Hall–Kier alpha value is -7.28. The van der Waals surface area contributed by atoms with E-state index in [1.54, 1.807) is 0 Å². The Bertz CT molecular complexity index is 3550. The van der Waals surface area contributed by atoms with E-state index >= 15 is 0 Å². The van der Waals surface area contributed by atoms with Crippen LogP contribution in [-0.4, -0.2) is 19.9 Å². The molecule has 456 valence electrons. The van der Waals surface area contributed by atoms with Gasteiger partial charge in [0, 0.05) is 70.8 Å². The van der Waals surface area contributed by atoms with Gasteiger partial charge >= 0.3 is 132 Å². The minimum Gasteiger partial charge on any atom is -0.245 e. The molecule has 0 radical (unpaired) electrons. The van der Waals surface area contributed by atoms with E-state index in [1.165, 1.54) is 44.5 Å². The van der Waals surface area contributed by atoms with Gasteiger partial charge < -0.3 is 0 Å². The van der Waals surface area contributed by atoms with Crippen LogP contribution >= 0.6 is 31.2 Å². The predicted octanol–water partition coefficient (Wildman–Crippen LogP) is 20.4. The smallest absolute Gasteiger partial charge is 0.173 e. The molecule has 13 heterocycles. The molecule has 0 fully saturated rings. The van der Waals surface area contributed by atoms with Gasteiger partial charge in [-0.2, -0.15) is 0 Å². The molecule has 84 heavy (non-hydrogen) atoms. The SMILES string of the molecule is F[P-](F)(F)(F)(F)F.F[P-](F)(F)(F)(F)F.F[P-](F)(F)(F)(F)F.F[P-](F)(F)(F)(F)F.c1cc2nc3ccc4cc3nc2cc1C[n+]1ccc(cc1)-c1cc[n+](cc1)Cc1ccc2nc3ccc(cc3nc2c1)C[n+]1ccc(cc1)-c1cc[n+](cc1)C4. The first kappa shape index (κ1) is 64.3. The average Bonchev–Trinajstić information content (AvgIpc) is 3.35. The van der Waals surface area contributed by atoms with Crippen molar-refractivity contribution in [2.75, 3.05) is 0 Å². The molecule has 8 nitrogen and oxygen atoms in total. The number of pyridine rings is 4. The van der Waals surface area contributed by atoms with Crippen LogP contribution in [0.1, 0.15) is 22.3 Å². The van der Waals surface area contributed by atoms with Crippen molar-refractivity contribution in [3.8, 4) is 22.3 Å². The van der Waals surface area contributed by atoms with Crippen LogP contribution in [0.3, 0.4) is 0 Å². The summed E-state index contributed by atoms with van der Waals surface area (Å²) in [6.45, 7) is 2.97. The molecular formula is C48H36F24N8P4. The maximum absolute atomic E-state index is 10.7. The van der Waals surface area contributed by atoms with Crippen molar-refractivity contribution in [3.63, 3.8) is 0 Å². The van der Waals surface area contributed by atoms with Crippen LogP contribution in [0.4, 0.5) is 101 Å². The number of rotatable bonds is 0. The van der Waals surface area contributed by atoms with E-state index in [4.69, 9.17) is 19.9 Å². The first-order valence-electron chi connectivity index (χ1n) is 23.0. The number of halogens is 24. The van der Waals surface area contributed by atoms with Crippen molar-refractivity contribution >= 4 is 75.4 Å². The molecule has 36 heteroatoms. The van der Waals surface area contributed by atoms with Gasteiger partial charge in [-0.25, -0.2) is 38.2 Å². The summed E-state index contributed by atoms with van der Waals surface area (Å²) in [7, 11) is -42.6. The fourth-order valence-corrected chi connectivity index (χ4v) is 7.79. The standard InChI is InChI=1S/C48H36N8.4F6P/c1-5-41-45-25-33(1)29-53-17-9-37(10-18-53)38-11-19-55(20-12-38)31-35-3-7-43-47(27-35)52-48-28-36(4-8-44(48)50-43)32-56-23-15-40(16-24-56)39-13-21-54(22-14-39)30-34-2-6-42(49-41)46(26-34)51-45;4*1-7(2,3,4,5)6/h1-28H,29-32H2;;;;/q+4;4*-1. The van der Waals surface area contributed by atoms with Gasteiger partial charge in [-0.1, -0.05) is 24.3 Å². The van der Waals surface area contributed by atoms with Crippen LogP contribution in [0.15, 0.2) is 171 Å².